The number of benzene rings is 1. The average molecular weight is 382 g/mol. The van der Waals surface area contributed by atoms with Gasteiger partial charge in [0, 0.05) is 25.2 Å². The van der Waals surface area contributed by atoms with Crippen LogP contribution >= 0.6 is 0 Å². The van der Waals surface area contributed by atoms with E-state index in [4.69, 9.17) is 10.00 Å². The number of piperidine rings is 1. The van der Waals surface area contributed by atoms with Gasteiger partial charge in [-0.25, -0.2) is 4.68 Å². The summed E-state index contributed by atoms with van der Waals surface area (Å²) < 4.78 is 7.15. The minimum atomic E-state index is -0.0536. The number of ether oxygens (including phenoxy) is 1. The van der Waals surface area contributed by atoms with E-state index in [0.717, 1.165) is 25.9 Å². The number of hydrogen-bond donors (Lipinski definition) is 1. The lowest BCUT2D eigenvalue weighted by Gasteiger charge is -2.34. The first kappa shape index (κ1) is 19.8. The van der Waals surface area contributed by atoms with Crippen LogP contribution in [0.3, 0.4) is 0 Å². The van der Waals surface area contributed by atoms with Crippen molar-refractivity contribution in [1.82, 2.24) is 25.2 Å². The van der Waals surface area contributed by atoms with Crippen LogP contribution in [-0.2, 0) is 17.9 Å². The molecule has 28 heavy (non-hydrogen) atoms. The van der Waals surface area contributed by atoms with Crippen molar-refractivity contribution < 1.29 is 9.53 Å². The van der Waals surface area contributed by atoms with Crippen LogP contribution in [0.25, 0.3) is 0 Å². The summed E-state index contributed by atoms with van der Waals surface area (Å²) in [4.78, 5) is 14.7. The Labute approximate surface area is 165 Å². The molecule has 2 aromatic rings. The van der Waals surface area contributed by atoms with Gasteiger partial charge in [-0.2, -0.15) is 5.26 Å². The summed E-state index contributed by atoms with van der Waals surface area (Å²) >= 11 is 0. The van der Waals surface area contributed by atoms with Crippen molar-refractivity contribution in [1.29, 1.82) is 5.26 Å². The summed E-state index contributed by atoms with van der Waals surface area (Å²) in [6.45, 7) is 6.79. The molecular weight excluding hydrogens is 356 g/mol. The fraction of sp³-hybridized carbons (Fsp3) is 0.500. The highest BCUT2D eigenvalue weighted by Crippen LogP contribution is 2.14. The summed E-state index contributed by atoms with van der Waals surface area (Å²) in [6.07, 6.45) is 3.65. The average Bonchev–Trinajstić information content (AvgIpc) is 3.14. The number of rotatable bonds is 7. The number of carbonyl (C=O) groups is 1. The zero-order valence-corrected chi connectivity index (χ0v) is 16.3. The van der Waals surface area contributed by atoms with E-state index in [9.17, 15) is 4.79 Å². The van der Waals surface area contributed by atoms with Gasteiger partial charge in [-0.3, -0.25) is 4.79 Å². The van der Waals surface area contributed by atoms with Gasteiger partial charge in [0.2, 0.25) is 5.91 Å². The first-order valence-corrected chi connectivity index (χ1v) is 9.59. The molecular formula is C20H26N6O2. The number of nitrogens with one attached hydrogen (secondary N) is 1. The van der Waals surface area contributed by atoms with Crippen LogP contribution in [0.15, 0.2) is 30.5 Å². The molecule has 8 heteroatoms. The van der Waals surface area contributed by atoms with Crippen LogP contribution in [0, 0.1) is 11.3 Å². The van der Waals surface area contributed by atoms with Gasteiger partial charge in [-0.05, 0) is 44.9 Å². The van der Waals surface area contributed by atoms with Crippen LogP contribution < -0.4 is 10.1 Å². The van der Waals surface area contributed by atoms with Crippen molar-refractivity contribution >= 4 is 5.91 Å². The van der Waals surface area contributed by atoms with E-state index < -0.39 is 0 Å². The Balaban J connectivity index is 1.44. The lowest BCUT2D eigenvalue weighted by atomic mass is 10.0. The lowest BCUT2D eigenvalue weighted by molar-refractivity contribution is -0.122. The molecule has 0 radical (unpaired) electrons. The van der Waals surface area contributed by atoms with Gasteiger partial charge >= 0.3 is 0 Å². The lowest BCUT2D eigenvalue weighted by Crippen LogP contribution is -2.47. The second-order valence-corrected chi connectivity index (χ2v) is 7.31. The maximum Gasteiger partial charge on any atom is 0.242 e. The molecule has 2 heterocycles. The molecule has 1 aromatic carbocycles. The maximum absolute atomic E-state index is 12.3. The number of amides is 1. The van der Waals surface area contributed by atoms with Gasteiger partial charge < -0.3 is 15.0 Å². The smallest absolute Gasteiger partial charge is 0.242 e. The highest BCUT2D eigenvalue weighted by atomic mass is 16.5. The molecule has 0 spiro atoms. The van der Waals surface area contributed by atoms with Crippen molar-refractivity contribution in [3.05, 3.63) is 41.7 Å². The molecule has 0 saturated carbocycles. The molecule has 0 atom stereocenters. The zero-order chi connectivity index (χ0) is 19.9. The van der Waals surface area contributed by atoms with E-state index in [1.165, 1.54) is 4.68 Å². The third kappa shape index (κ3) is 5.54. The third-order valence-corrected chi connectivity index (χ3v) is 4.87. The Morgan fingerprint density at radius 3 is 2.89 bits per heavy atom. The highest BCUT2D eigenvalue weighted by molar-refractivity contribution is 5.75. The topological polar surface area (TPSA) is 96.1 Å². The molecule has 148 valence electrons. The predicted molar refractivity (Wildman–Crippen MR) is 103 cm³/mol. The predicted octanol–water partition coefficient (Wildman–Crippen LogP) is 1.72. The molecule has 1 amide bonds. The third-order valence-electron chi connectivity index (χ3n) is 4.87. The van der Waals surface area contributed by atoms with E-state index in [1.807, 2.05) is 0 Å². The summed E-state index contributed by atoms with van der Waals surface area (Å²) in [6, 6.07) is 9.78. The van der Waals surface area contributed by atoms with Gasteiger partial charge in [-0.1, -0.05) is 11.3 Å². The van der Waals surface area contributed by atoms with Crippen molar-refractivity contribution in [2.24, 2.45) is 0 Å². The molecule has 1 N–H and O–H groups in total. The van der Waals surface area contributed by atoms with Crippen LogP contribution in [0.2, 0.25) is 0 Å². The summed E-state index contributed by atoms with van der Waals surface area (Å²) in [5.74, 6) is 0.543. The van der Waals surface area contributed by atoms with Gasteiger partial charge in [-0.15, -0.1) is 5.10 Å². The van der Waals surface area contributed by atoms with Crippen molar-refractivity contribution in [2.75, 3.05) is 13.1 Å². The Kier molecular flexibility index (Phi) is 6.61. The second kappa shape index (κ2) is 9.33. The van der Waals surface area contributed by atoms with Crippen molar-refractivity contribution in [3.8, 4) is 11.8 Å². The molecule has 1 aliphatic rings. The van der Waals surface area contributed by atoms with Gasteiger partial charge in [0.1, 0.15) is 24.6 Å². The largest absolute Gasteiger partial charge is 0.487 e. The van der Waals surface area contributed by atoms with Crippen LogP contribution in [0.4, 0.5) is 0 Å². The van der Waals surface area contributed by atoms with Crippen LogP contribution in [0.5, 0.6) is 5.75 Å². The van der Waals surface area contributed by atoms with E-state index in [0.29, 0.717) is 23.0 Å². The molecule has 1 aromatic heterocycles. The van der Waals surface area contributed by atoms with Gasteiger partial charge in [0.15, 0.2) is 0 Å². The van der Waals surface area contributed by atoms with E-state index >= 15 is 0 Å². The number of carbonyl (C=O) groups excluding carboxylic acids is 1. The Morgan fingerprint density at radius 1 is 1.39 bits per heavy atom. The number of aromatic nitrogens is 3. The monoisotopic (exact) mass is 382 g/mol. The number of hydrogen-bond acceptors (Lipinski definition) is 6. The summed E-state index contributed by atoms with van der Waals surface area (Å²) in [5.41, 5.74) is 1.16. The second-order valence-electron chi connectivity index (χ2n) is 7.31. The minimum absolute atomic E-state index is 0.0536. The quantitative estimate of drug-likeness (QED) is 0.783. The normalized spacial score (nSPS) is 15.4. The molecule has 1 aliphatic heterocycles. The van der Waals surface area contributed by atoms with Crippen molar-refractivity contribution in [3.63, 3.8) is 0 Å². The molecule has 1 saturated heterocycles. The standard InChI is InChI=1S/C20H26N6O2/c1-15(2)25-8-6-17(7-9-25)22-20(27)13-26-12-18(23-24-26)14-28-19-5-3-4-16(10-19)11-21/h3-5,10,12,15,17H,6-9,13-14H2,1-2H3,(H,22,27). The first-order chi connectivity index (χ1) is 13.5. The zero-order valence-electron chi connectivity index (χ0n) is 16.3. The van der Waals surface area contributed by atoms with Gasteiger partial charge in [0.05, 0.1) is 17.8 Å². The van der Waals surface area contributed by atoms with Crippen LogP contribution in [-0.4, -0.2) is 51.0 Å². The van der Waals surface area contributed by atoms with E-state index in [-0.39, 0.29) is 25.1 Å². The first-order valence-electron chi connectivity index (χ1n) is 9.59. The van der Waals surface area contributed by atoms with Crippen LogP contribution in [0.1, 0.15) is 37.9 Å². The summed E-state index contributed by atoms with van der Waals surface area (Å²) in [7, 11) is 0. The molecule has 3 rings (SSSR count). The molecule has 1 fully saturated rings. The molecule has 8 nitrogen and oxygen atoms in total. The molecule has 0 bridgehead atoms. The minimum Gasteiger partial charge on any atom is -0.487 e. The molecule has 0 aliphatic carbocycles. The Morgan fingerprint density at radius 2 is 2.18 bits per heavy atom. The Hall–Kier alpha value is -2.92. The molecule has 0 unspecified atom stereocenters. The van der Waals surface area contributed by atoms with Crippen molar-refractivity contribution in [2.45, 2.75) is 51.9 Å². The Bertz CT molecular complexity index is 833. The summed E-state index contributed by atoms with van der Waals surface area (Å²) in [5, 5.41) is 20.0. The number of nitrogens with zero attached hydrogens (tertiary/aromatic N) is 5. The SMILES string of the molecule is CC(C)N1CCC(NC(=O)Cn2cc(COc3cccc(C#N)c3)nn2)CC1. The fourth-order valence-corrected chi connectivity index (χ4v) is 3.28. The fourth-order valence-electron chi connectivity index (χ4n) is 3.28. The number of likely N-dealkylation sites (tertiary alicyclic amines) is 1. The van der Waals surface area contributed by atoms with Gasteiger partial charge in [0.25, 0.3) is 0 Å². The number of nitriles is 1. The van der Waals surface area contributed by atoms with E-state index in [2.05, 4.69) is 40.4 Å². The highest BCUT2D eigenvalue weighted by Gasteiger charge is 2.22. The maximum atomic E-state index is 12.3. The van der Waals surface area contributed by atoms with E-state index in [1.54, 1.807) is 30.5 Å².